The van der Waals surface area contributed by atoms with Crippen molar-refractivity contribution in [2.24, 2.45) is 0 Å². The van der Waals surface area contributed by atoms with Gasteiger partial charge in [-0.1, -0.05) is 91.0 Å². The van der Waals surface area contributed by atoms with Gasteiger partial charge in [-0.05, 0) is 42.7 Å². The van der Waals surface area contributed by atoms with Gasteiger partial charge in [-0.25, -0.2) is 0 Å². The molecule has 2 fully saturated rings. The molecule has 0 saturated carbocycles. The van der Waals surface area contributed by atoms with Crippen molar-refractivity contribution in [1.82, 2.24) is 0 Å². The molecule has 4 aromatic carbocycles. The normalized spacial score (nSPS) is 24.7. The summed E-state index contributed by atoms with van der Waals surface area (Å²) >= 11 is 0. The molecule has 0 bridgehead atoms. The van der Waals surface area contributed by atoms with Gasteiger partial charge in [-0.15, -0.1) is 0 Å². The van der Waals surface area contributed by atoms with E-state index >= 15 is 0 Å². The molecule has 0 spiro atoms. The first-order chi connectivity index (χ1) is 20.8. The Balaban J connectivity index is 1.35. The van der Waals surface area contributed by atoms with Crippen molar-refractivity contribution in [3.8, 4) is 5.75 Å². The highest BCUT2D eigenvalue weighted by Crippen LogP contribution is 2.43. The lowest BCUT2D eigenvalue weighted by Crippen LogP contribution is -2.59. The van der Waals surface area contributed by atoms with Crippen molar-refractivity contribution in [3.05, 3.63) is 142 Å². The number of nitro benzene ring substituents is 1. The molecular formula is C34H33NO8. The monoisotopic (exact) mass is 583 g/mol. The summed E-state index contributed by atoms with van der Waals surface area (Å²) in [7, 11) is 0. The molecule has 2 saturated heterocycles. The van der Waals surface area contributed by atoms with Crippen LogP contribution in [0.5, 0.6) is 5.75 Å². The Morgan fingerprint density at radius 2 is 1.28 bits per heavy atom. The van der Waals surface area contributed by atoms with Crippen LogP contribution in [0.15, 0.2) is 115 Å². The van der Waals surface area contributed by atoms with E-state index in [4.69, 9.17) is 23.7 Å². The van der Waals surface area contributed by atoms with Gasteiger partial charge in [0.05, 0.1) is 11.5 Å². The zero-order valence-corrected chi connectivity index (χ0v) is 23.8. The lowest BCUT2D eigenvalue weighted by Gasteiger charge is -2.42. The van der Waals surface area contributed by atoms with Gasteiger partial charge in [0.15, 0.2) is 5.79 Å². The first-order valence-corrected chi connectivity index (χ1v) is 14.2. The summed E-state index contributed by atoms with van der Waals surface area (Å²) in [6.45, 7) is 3.63. The van der Waals surface area contributed by atoms with Crippen LogP contribution in [0.1, 0.15) is 30.5 Å². The van der Waals surface area contributed by atoms with E-state index in [2.05, 4.69) is 0 Å². The second kappa shape index (κ2) is 11.9. The predicted octanol–water partition coefficient (Wildman–Crippen LogP) is 5.59. The summed E-state index contributed by atoms with van der Waals surface area (Å²) in [6.07, 6.45) is -4.45. The van der Waals surface area contributed by atoms with Crippen LogP contribution >= 0.6 is 0 Å². The number of rotatable bonds is 9. The van der Waals surface area contributed by atoms with Crippen LogP contribution in [0.4, 0.5) is 5.69 Å². The average Bonchev–Trinajstić information content (AvgIpc) is 3.37. The van der Waals surface area contributed by atoms with Gasteiger partial charge in [0, 0.05) is 12.1 Å². The molecule has 9 nitrogen and oxygen atoms in total. The van der Waals surface area contributed by atoms with Gasteiger partial charge >= 0.3 is 0 Å². The average molecular weight is 584 g/mol. The number of hydrogen-bond acceptors (Lipinski definition) is 8. The van der Waals surface area contributed by atoms with E-state index in [-0.39, 0.29) is 12.3 Å². The van der Waals surface area contributed by atoms with Crippen molar-refractivity contribution in [3.63, 3.8) is 0 Å². The molecule has 0 unspecified atom stereocenters. The van der Waals surface area contributed by atoms with Gasteiger partial charge in [-0.2, -0.15) is 0 Å². The summed E-state index contributed by atoms with van der Waals surface area (Å²) in [5, 5.41) is 22.4. The Hall–Kier alpha value is -4.12. The van der Waals surface area contributed by atoms with Crippen LogP contribution in [-0.4, -0.2) is 53.1 Å². The number of fused-ring (bicyclic) bond motifs is 1. The Labute approximate surface area is 249 Å². The standard InChI is InChI=1S/C34H33NO8/c1-33(2)42-30-28(41-32(29(36)31(30)43-33)40-27-20-18-26(19-21-27)35(37)38)22-39-34(23-12-6-3-7-13-23,24-14-8-4-9-15-24)25-16-10-5-11-17-25/h3-21,28-32,36H,22H2,1-2H3/t28-,29-,30+,31-,32-/m1/s1. The zero-order chi connectivity index (χ0) is 30.0. The number of benzene rings is 4. The van der Waals surface area contributed by atoms with E-state index < -0.39 is 47.0 Å². The SMILES string of the molecule is CC1(C)O[C@@H]2[C@@H](O)[C@H](Oc3ccc([N+](=O)[O-])cc3)O[C@H](COC(c3ccccc3)(c3ccccc3)c3ccccc3)[C@@H]2O1. The first-order valence-electron chi connectivity index (χ1n) is 14.2. The molecule has 43 heavy (non-hydrogen) atoms. The number of nitrogens with zero attached hydrogens (tertiary/aromatic N) is 1. The van der Waals surface area contributed by atoms with E-state index in [0.717, 1.165) is 16.7 Å². The molecule has 5 atom stereocenters. The molecule has 0 radical (unpaired) electrons. The number of non-ortho nitro benzene ring substituents is 1. The minimum absolute atomic E-state index is 0.0616. The lowest BCUT2D eigenvalue weighted by molar-refractivity contribution is -0.384. The zero-order valence-electron chi connectivity index (χ0n) is 23.8. The van der Waals surface area contributed by atoms with Crippen molar-refractivity contribution in [2.45, 2.75) is 55.9 Å². The van der Waals surface area contributed by atoms with Crippen LogP contribution in [0, 0.1) is 10.1 Å². The number of nitro groups is 1. The molecule has 0 aliphatic carbocycles. The molecule has 2 heterocycles. The van der Waals surface area contributed by atoms with Crippen LogP contribution in [0.2, 0.25) is 0 Å². The third-order valence-electron chi connectivity index (χ3n) is 7.76. The van der Waals surface area contributed by atoms with Gasteiger partial charge in [0.1, 0.15) is 35.8 Å². The molecule has 4 aromatic rings. The maximum Gasteiger partial charge on any atom is 0.269 e. The Morgan fingerprint density at radius 1 is 0.791 bits per heavy atom. The van der Waals surface area contributed by atoms with Crippen LogP contribution in [-0.2, 0) is 24.5 Å². The van der Waals surface area contributed by atoms with Crippen molar-refractivity contribution in [1.29, 1.82) is 0 Å². The van der Waals surface area contributed by atoms with E-state index in [0.29, 0.717) is 5.75 Å². The van der Waals surface area contributed by atoms with Crippen LogP contribution in [0.25, 0.3) is 0 Å². The fraction of sp³-hybridized carbons (Fsp3) is 0.294. The highest BCUT2D eigenvalue weighted by molar-refractivity contribution is 5.47. The van der Waals surface area contributed by atoms with Gasteiger partial charge in [0.2, 0.25) is 6.29 Å². The number of aliphatic hydroxyl groups is 1. The molecule has 9 heteroatoms. The Morgan fingerprint density at radius 3 is 1.77 bits per heavy atom. The molecule has 6 rings (SSSR count). The Bertz CT molecular complexity index is 1420. The summed E-state index contributed by atoms with van der Waals surface area (Å²) in [4.78, 5) is 10.6. The maximum atomic E-state index is 11.3. The number of aliphatic hydroxyl groups excluding tert-OH is 1. The highest BCUT2D eigenvalue weighted by atomic mass is 16.8. The van der Waals surface area contributed by atoms with E-state index in [1.54, 1.807) is 13.8 Å². The second-order valence-corrected chi connectivity index (χ2v) is 11.1. The van der Waals surface area contributed by atoms with Gasteiger partial charge in [0.25, 0.3) is 5.69 Å². The highest BCUT2D eigenvalue weighted by Gasteiger charge is 2.56. The molecule has 0 aromatic heterocycles. The van der Waals surface area contributed by atoms with E-state index in [1.807, 2.05) is 91.0 Å². The number of hydrogen-bond donors (Lipinski definition) is 1. The van der Waals surface area contributed by atoms with Crippen molar-refractivity contribution >= 4 is 5.69 Å². The molecular weight excluding hydrogens is 550 g/mol. The van der Waals surface area contributed by atoms with Crippen LogP contribution in [0.3, 0.4) is 0 Å². The third-order valence-corrected chi connectivity index (χ3v) is 7.76. The molecule has 1 N–H and O–H groups in total. The largest absolute Gasteiger partial charge is 0.462 e. The summed E-state index contributed by atoms with van der Waals surface area (Å²) in [6, 6.07) is 35.6. The van der Waals surface area contributed by atoms with E-state index in [1.165, 1.54) is 24.3 Å². The fourth-order valence-electron chi connectivity index (χ4n) is 5.84. The molecule has 2 aliphatic rings. The van der Waals surface area contributed by atoms with Crippen molar-refractivity contribution in [2.75, 3.05) is 6.61 Å². The Kier molecular flexibility index (Phi) is 8.00. The quantitative estimate of drug-likeness (QED) is 0.154. The van der Waals surface area contributed by atoms with Gasteiger partial charge in [-0.3, -0.25) is 10.1 Å². The summed E-state index contributed by atoms with van der Waals surface area (Å²) in [5.41, 5.74) is 1.73. The topological polar surface area (TPSA) is 110 Å². The molecule has 0 amide bonds. The maximum absolute atomic E-state index is 11.3. The van der Waals surface area contributed by atoms with Crippen LogP contribution < -0.4 is 4.74 Å². The van der Waals surface area contributed by atoms with Gasteiger partial charge < -0.3 is 28.8 Å². The molecule has 2 aliphatic heterocycles. The fourth-order valence-corrected chi connectivity index (χ4v) is 5.84. The summed E-state index contributed by atoms with van der Waals surface area (Å²) in [5.74, 6) is -0.673. The second-order valence-electron chi connectivity index (χ2n) is 11.1. The third kappa shape index (κ3) is 5.78. The first kappa shape index (κ1) is 29.0. The van der Waals surface area contributed by atoms with E-state index in [9.17, 15) is 15.2 Å². The predicted molar refractivity (Wildman–Crippen MR) is 157 cm³/mol. The molecule has 222 valence electrons. The van der Waals surface area contributed by atoms with Crippen molar-refractivity contribution < 1.29 is 33.7 Å². The minimum Gasteiger partial charge on any atom is -0.462 e. The smallest absolute Gasteiger partial charge is 0.269 e. The summed E-state index contributed by atoms with van der Waals surface area (Å²) < 4.78 is 31.7. The number of ether oxygens (including phenoxy) is 5. The minimum atomic E-state index is -1.19. The lowest BCUT2D eigenvalue weighted by atomic mass is 9.80.